The molecule has 0 unspecified atom stereocenters. The van der Waals surface area contributed by atoms with Gasteiger partial charge >= 0.3 is 0 Å². The van der Waals surface area contributed by atoms with E-state index in [1.165, 1.54) is 6.08 Å². The normalized spacial score (nSPS) is 15.2. The number of phenols is 1. The highest BCUT2D eigenvalue weighted by Gasteiger charge is 2.25. The number of hydrogen-bond donors (Lipinski definition) is 2. The predicted octanol–water partition coefficient (Wildman–Crippen LogP) is 3.26. The van der Waals surface area contributed by atoms with E-state index < -0.39 is 11.1 Å². The van der Waals surface area contributed by atoms with Crippen molar-refractivity contribution in [2.24, 2.45) is 0 Å². The molecule has 0 radical (unpaired) electrons. The van der Waals surface area contributed by atoms with Crippen molar-refractivity contribution in [2.75, 3.05) is 0 Å². The Balaban J connectivity index is 1.73. The highest BCUT2D eigenvalue weighted by molar-refractivity contribution is 8.18. The molecule has 126 valence electrons. The van der Waals surface area contributed by atoms with Crippen molar-refractivity contribution in [1.82, 2.24) is 10.3 Å². The van der Waals surface area contributed by atoms with E-state index in [9.17, 15) is 14.7 Å². The number of carbonyl (C=O) groups is 2. The van der Waals surface area contributed by atoms with E-state index >= 15 is 0 Å². The van der Waals surface area contributed by atoms with Crippen molar-refractivity contribution >= 4 is 40.0 Å². The number of furan rings is 1. The minimum Gasteiger partial charge on any atom is -0.507 e. The molecular formula is C19H10N2O4S. The third-order valence-corrected chi connectivity index (χ3v) is 4.40. The Kier molecular flexibility index (Phi) is 3.95. The summed E-state index contributed by atoms with van der Waals surface area (Å²) in [4.78, 5) is 27.3. The molecule has 0 bridgehead atoms. The van der Waals surface area contributed by atoms with E-state index in [2.05, 4.69) is 22.1 Å². The first-order valence-corrected chi connectivity index (χ1v) is 8.34. The number of benzene rings is 1. The fraction of sp³-hybridized carbons (Fsp3) is 0. The summed E-state index contributed by atoms with van der Waals surface area (Å²) in [6.07, 6.45) is 4.69. The van der Waals surface area contributed by atoms with E-state index in [0.29, 0.717) is 22.5 Å². The van der Waals surface area contributed by atoms with Gasteiger partial charge in [-0.2, -0.15) is 0 Å². The summed E-state index contributed by atoms with van der Waals surface area (Å²) in [7, 11) is 0. The molecule has 3 aromatic rings. The van der Waals surface area contributed by atoms with Gasteiger partial charge in [-0.15, -0.1) is 0 Å². The number of para-hydroxylation sites is 1. The summed E-state index contributed by atoms with van der Waals surface area (Å²) in [5, 5.41) is 12.3. The zero-order chi connectivity index (χ0) is 18.1. The molecule has 4 rings (SSSR count). The summed E-state index contributed by atoms with van der Waals surface area (Å²) >= 11 is 0.822. The highest BCUT2D eigenvalue weighted by Crippen LogP contribution is 2.29. The average molecular weight is 362 g/mol. The van der Waals surface area contributed by atoms with Crippen molar-refractivity contribution in [3.8, 4) is 17.6 Å². The molecule has 0 atom stereocenters. The van der Waals surface area contributed by atoms with Gasteiger partial charge in [0.05, 0.1) is 16.0 Å². The summed E-state index contributed by atoms with van der Waals surface area (Å²) in [6.45, 7) is 0. The number of imide groups is 1. The molecule has 6 nitrogen and oxygen atoms in total. The second-order valence-electron chi connectivity index (χ2n) is 5.37. The van der Waals surface area contributed by atoms with Gasteiger partial charge in [0.25, 0.3) is 11.1 Å². The quantitative estimate of drug-likeness (QED) is 0.510. The summed E-state index contributed by atoms with van der Waals surface area (Å²) in [6, 6.07) is 8.49. The number of hydrogen-bond acceptors (Lipinski definition) is 6. The number of nitrogens with zero attached hydrogens (tertiary/aromatic N) is 1. The van der Waals surface area contributed by atoms with Crippen molar-refractivity contribution < 1.29 is 19.1 Å². The van der Waals surface area contributed by atoms with Crippen LogP contribution in [0.5, 0.6) is 5.75 Å². The number of aromatic hydroxyl groups is 1. The molecular weight excluding hydrogens is 352 g/mol. The molecule has 2 aromatic heterocycles. The van der Waals surface area contributed by atoms with Crippen molar-refractivity contribution in [3.63, 3.8) is 0 Å². The van der Waals surface area contributed by atoms with Gasteiger partial charge in [-0.3, -0.25) is 19.9 Å². The average Bonchev–Trinajstić information content (AvgIpc) is 3.17. The first-order chi connectivity index (χ1) is 12.6. The number of phenolic OH excluding ortho intramolecular Hbond substituents is 1. The second-order valence-corrected chi connectivity index (χ2v) is 6.39. The van der Waals surface area contributed by atoms with Crippen LogP contribution in [0.3, 0.4) is 0 Å². The van der Waals surface area contributed by atoms with Crippen LogP contribution in [0.15, 0.2) is 52.0 Å². The number of nitrogens with one attached hydrogen (secondary N) is 1. The van der Waals surface area contributed by atoms with Gasteiger partial charge in [-0.1, -0.05) is 24.0 Å². The maximum absolute atomic E-state index is 11.6. The summed E-state index contributed by atoms with van der Waals surface area (Å²) in [5.41, 5.74) is 1.57. The lowest BCUT2D eigenvalue weighted by Gasteiger charge is -1.95. The number of amides is 2. The molecule has 1 saturated heterocycles. The van der Waals surface area contributed by atoms with Crippen LogP contribution in [0.2, 0.25) is 0 Å². The van der Waals surface area contributed by atoms with Crippen LogP contribution in [0, 0.1) is 11.8 Å². The Labute approximate surface area is 151 Å². The molecule has 7 heteroatoms. The smallest absolute Gasteiger partial charge is 0.290 e. The fourth-order valence-corrected chi connectivity index (χ4v) is 3.07. The second kappa shape index (κ2) is 6.43. The molecule has 2 N–H and O–H groups in total. The van der Waals surface area contributed by atoms with Crippen LogP contribution in [0.4, 0.5) is 4.79 Å². The maximum Gasteiger partial charge on any atom is 0.290 e. The van der Waals surface area contributed by atoms with Gasteiger partial charge in [-0.05, 0) is 30.0 Å². The van der Waals surface area contributed by atoms with E-state index in [1.54, 1.807) is 42.7 Å². The highest BCUT2D eigenvalue weighted by atomic mass is 32.2. The zero-order valence-electron chi connectivity index (χ0n) is 13.1. The topological polar surface area (TPSA) is 92.4 Å². The monoisotopic (exact) mass is 362 g/mol. The SMILES string of the molecule is O=C1NC(=O)/C(=C/c2cc3cncc(C#Cc4ccccc4O)c3o2)S1. The van der Waals surface area contributed by atoms with Crippen LogP contribution >= 0.6 is 11.8 Å². The van der Waals surface area contributed by atoms with Crippen LogP contribution in [-0.2, 0) is 4.79 Å². The first-order valence-electron chi connectivity index (χ1n) is 7.52. The number of fused-ring (bicyclic) bond motifs is 1. The Morgan fingerprint density at radius 2 is 1.96 bits per heavy atom. The van der Waals surface area contributed by atoms with Gasteiger partial charge in [0.1, 0.15) is 11.5 Å². The molecule has 0 aliphatic carbocycles. The zero-order valence-corrected chi connectivity index (χ0v) is 14.0. The maximum atomic E-state index is 11.6. The van der Waals surface area contributed by atoms with E-state index in [-0.39, 0.29) is 10.7 Å². The number of pyridine rings is 1. The summed E-state index contributed by atoms with van der Waals surface area (Å²) < 4.78 is 5.78. The minimum absolute atomic E-state index is 0.0962. The Morgan fingerprint density at radius 3 is 2.73 bits per heavy atom. The number of aromatic nitrogens is 1. The van der Waals surface area contributed by atoms with Crippen molar-refractivity contribution in [1.29, 1.82) is 0 Å². The number of carbonyl (C=O) groups excluding carboxylic acids is 2. The molecule has 1 fully saturated rings. The van der Waals surface area contributed by atoms with Gasteiger partial charge in [-0.25, -0.2) is 0 Å². The Hall–Kier alpha value is -3.50. The minimum atomic E-state index is -0.446. The van der Waals surface area contributed by atoms with Crippen LogP contribution < -0.4 is 5.32 Å². The molecule has 1 aliphatic rings. The molecule has 1 aromatic carbocycles. The molecule has 2 amide bonds. The van der Waals surface area contributed by atoms with E-state index in [1.807, 2.05) is 0 Å². The van der Waals surface area contributed by atoms with Crippen LogP contribution in [0.1, 0.15) is 16.9 Å². The van der Waals surface area contributed by atoms with Crippen LogP contribution in [0.25, 0.3) is 17.0 Å². The van der Waals surface area contributed by atoms with E-state index in [0.717, 1.165) is 17.1 Å². The Bertz CT molecular complexity index is 1150. The number of rotatable bonds is 1. The molecule has 26 heavy (non-hydrogen) atoms. The Morgan fingerprint density at radius 1 is 1.15 bits per heavy atom. The largest absolute Gasteiger partial charge is 0.507 e. The van der Waals surface area contributed by atoms with Gasteiger partial charge in [0, 0.05) is 23.9 Å². The molecule has 0 saturated carbocycles. The van der Waals surface area contributed by atoms with Gasteiger partial charge in [0.2, 0.25) is 0 Å². The molecule has 1 aliphatic heterocycles. The first kappa shape index (κ1) is 16.0. The summed E-state index contributed by atoms with van der Waals surface area (Å²) in [5.74, 6) is 5.90. The van der Waals surface area contributed by atoms with E-state index in [4.69, 9.17) is 4.42 Å². The fourth-order valence-electron chi connectivity index (χ4n) is 2.41. The lowest BCUT2D eigenvalue weighted by Crippen LogP contribution is -2.17. The lowest BCUT2D eigenvalue weighted by atomic mass is 10.1. The standard InChI is InChI=1S/C19H10N2O4S/c22-15-4-2-1-3-11(15)5-6-12-9-20-10-13-7-14(25-17(12)13)8-16-18(23)21-19(24)26-16/h1-4,7-10,22H,(H,21,23,24)/b16-8-. The lowest BCUT2D eigenvalue weighted by molar-refractivity contribution is -0.115. The molecule has 0 spiro atoms. The third kappa shape index (κ3) is 3.06. The predicted molar refractivity (Wildman–Crippen MR) is 97.2 cm³/mol. The van der Waals surface area contributed by atoms with Crippen molar-refractivity contribution in [3.05, 3.63) is 64.5 Å². The van der Waals surface area contributed by atoms with Gasteiger partial charge < -0.3 is 9.52 Å². The number of thioether (sulfide) groups is 1. The third-order valence-electron chi connectivity index (χ3n) is 3.59. The van der Waals surface area contributed by atoms with Gasteiger partial charge in [0.15, 0.2) is 5.58 Å². The van der Waals surface area contributed by atoms with Crippen molar-refractivity contribution in [2.45, 2.75) is 0 Å². The molecule has 3 heterocycles. The van der Waals surface area contributed by atoms with Crippen LogP contribution in [-0.4, -0.2) is 21.2 Å².